The SMILES string of the molecule is Fc1ccc(-c2cccn3nc(Cl)nc23)cc1. The summed E-state index contributed by atoms with van der Waals surface area (Å²) >= 11 is 5.76. The summed E-state index contributed by atoms with van der Waals surface area (Å²) in [7, 11) is 0. The lowest BCUT2D eigenvalue weighted by Crippen LogP contribution is -1.89. The molecule has 0 amide bonds. The molecule has 3 aromatic rings. The standard InChI is InChI=1S/C12H7ClFN3/c13-12-15-11-10(2-1-7-17(11)16-12)8-3-5-9(14)6-4-8/h1-7H. The first-order valence-electron chi connectivity index (χ1n) is 5.01. The second kappa shape index (κ2) is 3.82. The normalized spacial score (nSPS) is 10.9. The second-order valence-corrected chi connectivity index (χ2v) is 3.92. The van der Waals surface area contributed by atoms with Crippen LogP contribution >= 0.6 is 11.6 Å². The van der Waals surface area contributed by atoms with Crippen molar-refractivity contribution in [2.24, 2.45) is 0 Å². The van der Waals surface area contributed by atoms with Crippen LogP contribution in [0.25, 0.3) is 16.8 Å². The van der Waals surface area contributed by atoms with Gasteiger partial charge >= 0.3 is 0 Å². The van der Waals surface area contributed by atoms with Gasteiger partial charge in [0.05, 0.1) is 0 Å². The Morgan fingerprint density at radius 2 is 1.88 bits per heavy atom. The van der Waals surface area contributed by atoms with Gasteiger partial charge in [-0.2, -0.15) is 4.98 Å². The maximum absolute atomic E-state index is 12.9. The van der Waals surface area contributed by atoms with Crippen molar-refractivity contribution >= 4 is 17.2 Å². The fourth-order valence-corrected chi connectivity index (χ4v) is 1.90. The van der Waals surface area contributed by atoms with Crippen molar-refractivity contribution < 1.29 is 4.39 Å². The Balaban J connectivity index is 2.26. The molecule has 0 radical (unpaired) electrons. The highest BCUT2D eigenvalue weighted by Gasteiger charge is 2.08. The Morgan fingerprint density at radius 3 is 2.65 bits per heavy atom. The van der Waals surface area contributed by atoms with Gasteiger partial charge < -0.3 is 0 Å². The zero-order valence-electron chi connectivity index (χ0n) is 8.64. The van der Waals surface area contributed by atoms with Gasteiger partial charge in [-0.3, -0.25) is 0 Å². The first-order chi connectivity index (χ1) is 8.24. The van der Waals surface area contributed by atoms with Gasteiger partial charge in [0.2, 0.25) is 5.28 Å². The molecular formula is C12H7ClFN3. The third-order valence-electron chi connectivity index (χ3n) is 2.49. The highest BCUT2D eigenvalue weighted by molar-refractivity contribution is 6.28. The number of fused-ring (bicyclic) bond motifs is 1. The van der Waals surface area contributed by atoms with Crippen LogP contribution in [0.1, 0.15) is 0 Å². The zero-order valence-corrected chi connectivity index (χ0v) is 9.39. The molecule has 0 atom stereocenters. The molecule has 0 aliphatic carbocycles. The van der Waals surface area contributed by atoms with Gasteiger partial charge in [-0.25, -0.2) is 8.91 Å². The molecule has 0 N–H and O–H groups in total. The maximum Gasteiger partial charge on any atom is 0.243 e. The number of hydrogen-bond acceptors (Lipinski definition) is 2. The molecule has 0 saturated carbocycles. The number of pyridine rings is 1. The smallest absolute Gasteiger partial charge is 0.219 e. The molecule has 3 nitrogen and oxygen atoms in total. The Labute approximate surface area is 101 Å². The lowest BCUT2D eigenvalue weighted by atomic mass is 10.1. The second-order valence-electron chi connectivity index (χ2n) is 3.58. The van der Waals surface area contributed by atoms with E-state index in [1.165, 1.54) is 12.1 Å². The number of halogens is 2. The van der Waals surface area contributed by atoms with Crippen LogP contribution in [0.15, 0.2) is 42.6 Å². The van der Waals surface area contributed by atoms with Crippen LogP contribution in [0.3, 0.4) is 0 Å². The van der Waals surface area contributed by atoms with E-state index in [1.807, 2.05) is 12.1 Å². The van der Waals surface area contributed by atoms with Crippen molar-refractivity contribution in [3.8, 4) is 11.1 Å². The van der Waals surface area contributed by atoms with E-state index in [0.29, 0.717) is 5.65 Å². The lowest BCUT2D eigenvalue weighted by molar-refractivity contribution is 0.628. The molecule has 0 saturated heterocycles. The van der Waals surface area contributed by atoms with Gasteiger partial charge in [0, 0.05) is 11.8 Å². The van der Waals surface area contributed by atoms with Crippen LogP contribution in [0.4, 0.5) is 4.39 Å². The topological polar surface area (TPSA) is 30.2 Å². The van der Waals surface area contributed by atoms with E-state index in [-0.39, 0.29) is 11.1 Å². The van der Waals surface area contributed by atoms with E-state index >= 15 is 0 Å². The summed E-state index contributed by atoms with van der Waals surface area (Å²) in [5.74, 6) is -0.264. The average Bonchev–Trinajstić information content (AvgIpc) is 2.70. The summed E-state index contributed by atoms with van der Waals surface area (Å²) < 4.78 is 14.5. The Morgan fingerprint density at radius 1 is 1.12 bits per heavy atom. The van der Waals surface area contributed by atoms with Crippen molar-refractivity contribution in [3.63, 3.8) is 0 Å². The van der Waals surface area contributed by atoms with Crippen molar-refractivity contribution in [1.29, 1.82) is 0 Å². The summed E-state index contributed by atoms with van der Waals surface area (Å²) in [4.78, 5) is 4.14. The van der Waals surface area contributed by atoms with E-state index in [0.717, 1.165) is 11.1 Å². The minimum atomic E-state index is -0.264. The van der Waals surface area contributed by atoms with Gasteiger partial charge in [0.15, 0.2) is 5.65 Å². The first kappa shape index (κ1) is 10.2. The fourth-order valence-electron chi connectivity index (χ4n) is 1.73. The number of hydrogen-bond donors (Lipinski definition) is 0. The monoisotopic (exact) mass is 247 g/mol. The van der Waals surface area contributed by atoms with Crippen LogP contribution in [-0.2, 0) is 0 Å². The van der Waals surface area contributed by atoms with Gasteiger partial charge in [0.25, 0.3) is 0 Å². The Kier molecular flexibility index (Phi) is 2.30. The van der Waals surface area contributed by atoms with Crippen molar-refractivity contribution in [1.82, 2.24) is 14.6 Å². The fraction of sp³-hybridized carbons (Fsp3) is 0. The van der Waals surface area contributed by atoms with E-state index in [9.17, 15) is 4.39 Å². The quantitative estimate of drug-likeness (QED) is 0.661. The van der Waals surface area contributed by atoms with Gasteiger partial charge in [-0.05, 0) is 41.4 Å². The summed E-state index contributed by atoms with van der Waals surface area (Å²) in [6.07, 6.45) is 1.77. The number of rotatable bonds is 1. The molecule has 2 heterocycles. The van der Waals surface area contributed by atoms with E-state index in [2.05, 4.69) is 10.1 Å². The van der Waals surface area contributed by atoms with E-state index in [1.54, 1.807) is 22.8 Å². The molecular weight excluding hydrogens is 241 g/mol. The minimum absolute atomic E-state index is 0.194. The van der Waals surface area contributed by atoms with Crippen LogP contribution in [0.5, 0.6) is 0 Å². The Hall–Kier alpha value is -1.94. The molecule has 2 aromatic heterocycles. The first-order valence-corrected chi connectivity index (χ1v) is 5.39. The summed E-state index contributed by atoms with van der Waals surface area (Å²) in [5, 5.41) is 4.21. The molecule has 0 aliphatic rings. The van der Waals surface area contributed by atoms with Gasteiger partial charge in [-0.15, -0.1) is 5.10 Å². The van der Waals surface area contributed by atoms with E-state index in [4.69, 9.17) is 11.6 Å². The number of nitrogens with zero attached hydrogens (tertiary/aromatic N) is 3. The number of aromatic nitrogens is 3. The molecule has 1 aromatic carbocycles. The van der Waals surface area contributed by atoms with Crippen LogP contribution in [-0.4, -0.2) is 14.6 Å². The highest BCUT2D eigenvalue weighted by Crippen LogP contribution is 2.24. The summed E-state index contributed by atoms with van der Waals surface area (Å²) in [6.45, 7) is 0. The average molecular weight is 248 g/mol. The molecule has 17 heavy (non-hydrogen) atoms. The van der Waals surface area contributed by atoms with Crippen LogP contribution in [0, 0.1) is 5.82 Å². The Bertz CT molecular complexity index is 676. The predicted molar refractivity (Wildman–Crippen MR) is 63.4 cm³/mol. The van der Waals surface area contributed by atoms with Gasteiger partial charge in [0.1, 0.15) is 5.82 Å². The molecule has 0 aliphatic heterocycles. The predicted octanol–water partition coefficient (Wildman–Crippen LogP) is 3.19. The number of benzene rings is 1. The van der Waals surface area contributed by atoms with E-state index < -0.39 is 0 Å². The summed E-state index contributed by atoms with van der Waals surface area (Å²) in [6, 6.07) is 9.97. The molecule has 84 valence electrons. The summed E-state index contributed by atoms with van der Waals surface area (Å²) in [5.41, 5.74) is 2.40. The van der Waals surface area contributed by atoms with Gasteiger partial charge in [-0.1, -0.05) is 12.1 Å². The largest absolute Gasteiger partial charge is 0.243 e. The molecule has 3 rings (SSSR count). The third kappa shape index (κ3) is 1.76. The maximum atomic E-state index is 12.9. The molecule has 0 fully saturated rings. The zero-order chi connectivity index (χ0) is 11.8. The molecule has 0 unspecified atom stereocenters. The van der Waals surface area contributed by atoms with Crippen LogP contribution in [0.2, 0.25) is 5.28 Å². The molecule has 0 bridgehead atoms. The lowest BCUT2D eigenvalue weighted by Gasteiger charge is -2.02. The van der Waals surface area contributed by atoms with Crippen LogP contribution < -0.4 is 0 Å². The van der Waals surface area contributed by atoms with Crippen molar-refractivity contribution in [3.05, 3.63) is 53.7 Å². The third-order valence-corrected chi connectivity index (χ3v) is 2.65. The van der Waals surface area contributed by atoms with Crippen molar-refractivity contribution in [2.45, 2.75) is 0 Å². The molecule has 0 spiro atoms. The minimum Gasteiger partial charge on any atom is -0.219 e. The molecule has 5 heteroatoms. The van der Waals surface area contributed by atoms with Crippen molar-refractivity contribution in [2.75, 3.05) is 0 Å². The highest BCUT2D eigenvalue weighted by atomic mass is 35.5.